The molecule has 0 aliphatic carbocycles. The molecule has 136 valence electrons. The van der Waals surface area contributed by atoms with Crippen molar-refractivity contribution in [2.45, 2.75) is 13.0 Å². The number of nitrogens with zero attached hydrogens (tertiary/aromatic N) is 4. The van der Waals surface area contributed by atoms with Gasteiger partial charge in [-0.15, -0.1) is 0 Å². The molecule has 0 radical (unpaired) electrons. The smallest absolute Gasteiger partial charge is 0.275 e. The summed E-state index contributed by atoms with van der Waals surface area (Å²) in [5, 5.41) is 23.8. The molecule has 1 aromatic heterocycles. The van der Waals surface area contributed by atoms with Crippen LogP contribution in [0.2, 0.25) is 0 Å². The Morgan fingerprint density at radius 3 is 2.59 bits per heavy atom. The molecule has 0 saturated heterocycles. The minimum atomic E-state index is -0.519. The molecule has 27 heavy (non-hydrogen) atoms. The summed E-state index contributed by atoms with van der Waals surface area (Å²) in [7, 11) is 1.82. The second-order valence-corrected chi connectivity index (χ2v) is 6.06. The van der Waals surface area contributed by atoms with E-state index in [9.17, 15) is 19.8 Å². The molecule has 1 heterocycles. The molecule has 0 fully saturated rings. The monoisotopic (exact) mass is 365 g/mol. The van der Waals surface area contributed by atoms with E-state index in [2.05, 4.69) is 10.3 Å². The normalized spacial score (nSPS) is 11.6. The van der Waals surface area contributed by atoms with Gasteiger partial charge in [0.2, 0.25) is 0 Å². The average Bonchev–Trinajstić information content (AvgIpc) is 3.07. The summed E-state index contributed by atoms with van der Waals surface area (Å²) in [6.07, 6.45) is 3.41. The maximum atomic E-state index is 13.4. The fourth-order valence-electron chi connectivity index (χ4n) is 2.87. The zero-order chi connectivity index (χ0) is 19.6. The number of nitriles is 1. The van der Waals surface area contributed by atoms with Crippen molar-refractivity contribution in [3.8, 4) is 6.07 Å². The number of hydrogen-bond donors (Lipinski definition) is 1. The molecule has 1 unspecified atom stereocenters. The number of rotatable bonds is 5. The maximum Gasteiger partial charge on any atom is 0.275 e. The van der Waals surface area contributed by atoms with Gasteiger partial charge in [-0.1, -0.05) is 12.1 Å². The largest absolute Gasteiger partial charge is 0.371 e. The van der Waals surface area contributed by atoms with Gasteiger partial charge in [-0.3, -0.25) is 10.1 Å². The first kappa shape index (κ1) is 18.1. The van der Waals surface area contributed by atoms with Crippen molar-refractivity contribution in [1.82, 2.24) is 9.55 Å². The van der Waals surface area contributed by atoms with E-state index in [1.54, 1.807) is 42.1 Å². The van der Waals surface area contributed by atoms with Crippen LogP contribution in [-0.4, -0.2) is 14.5 Å². The van der Waals surface area contributed by atoms with Crippen LogP contribution >= 0.6 is 0 Å². The fourth-order valence-corrected chi connectivity index (χ4v) is 2.87. The van der Waals surface area contributed by atoms with Crippen LogP contribution in [0.5, 0.6) is 0 Å². The molecule has 3 rings (SSSR count). The number of nitro groups is 1. The molecule has 0 bridgehead atoms. The second kappa shape index (κ2) is 7.25. The van der Waals surface area contributed by atoms with Crippen molar-refractivity contribution in [3.05, 3.63) is 87.2 Å². The van der Waals surface area contributed by atoms with E-state index in [-0.39, 0.29) is 17.1 Å². The second-order valence-electron chi connectivity index (χ2n) is 6.06. The van der Waals surface area contributed by atoms with E-state index in [0.29, 0.717) is 17.1 Å². The van der Waals surface area contributed by atoms with E-state index in [1.807, 2.05) is 13.1 Å². The number of halogens is 1. The Morgan fingerprint density at radius 1 is 1.33 bits per heavy atom. The van der Waals surface area contributed by atoms with Gasteiger partial charge in [0.05, 0.1) is 16.6 Å². The first-order valence-electron chi connectivity index (χ1n) is 8.09. The highest BCUT2D eigenvalue weighted by molar-refractivity contribution is 5.65. The zero-order valence-corrected chi connectivity index (χ0v) is 14.7. The number of nitrogens with one attached hydrogen (secondary N) is 1. The third kappa shape index (κ3) is 3.62. The van der Waals surface area contributed by atoms with E-state index in [0.717, 1.165) is 5.56 Å². The van der Waals surface area contributed by atoms with Gasteiger partial charge in [0.15, 0.2) is 0 Å². The van der Waals surface area contributed by atoms with Gasteiger partial charge in [-0.2, -0.15) is 5.26 Å². The quantitative estimate of drug-likeness (QED) is 0.547. The molecular weight excluding hydrogens is 349 g/mol. The van der Waals surface area contributed by atoms with Crippen LogP contribution in [0.1, 0.15) is 28.6 Å². The summed E-state index contributed by atoms with van der Waals surface area (Å²) in [6, 6.07) is 10.2. The van der Waals surface area contributed by atoms with Crippen molar-refractivity contribution in [1.29, 1.82) is 5.26 Å². The van der Waals surface area contributed by atoms with Gasteiger partial charge in [0, 0.05) is 36.8 Å². The number of aromatic nitrogens is 2. The first-order chi connectivity index (χ1) is 12.9. The highest BCUT2D eigenvalue weighted by atomic mass is 19.1. The minimum absolute atomic E-state index is 0.144. The standard InChI is InChI=1S/C19H16FN5O2/c1-12-16(9-13(11-21)10-17(12)25(26)27)23-18(19-22-7-8-24(19)2)14-3-5-15(20)6-4-14/h3-10,18,23H,1-2H3. The van der Waals surface area contributed by atoms with Crippen molar-refractivity contribution in [2.24, 2.45) is 7.05 Å². The van der Waals surface area contributed by atoms with Crippen molar-refractivity contribution in [2.75, 3.05) is 5.32 Å². The van der Waals surface area contributed by atoms with Gasteiger partial charge < -0.3 is 9.88 Å². The number of aryl methyl sites for hydroxylation is 1. The van der Waals surface area contributed by atoms with Crippen LogP contribution in [0.4, 0.5) is 15.8 Å². The van der Waals surface area contributed by atoms with Gasteiger partial charge in [-0.05, 0) is 30.7 Å². The van der Waals surface area contributed by atoms with Crippen molar-refractivity contribution >= 4 is 11.4 Å². The number of imidazole rings is 1. The highest BCUT2D eigenvalue weighted by Crippen LogP contribution is 2.32. The Balaban J connectivity index is 2.12. The lowest BCUT2D eigenvalue weighted by atomic mass is 10.0. The topological polar surface area (TPSA) is 96.8 Å². The van der Waals surface area contributed by atoms with Crippen LogP contribution in [0.25, 0.3) is 0 Å². The Bertz CT molecular complexity index is 1040. The van der Waals surface area contributed by atoms with Crippen molar-refractivity contribution < 1.29 is 9.31 Å². The molecular formula is C19H16FN5O2. The molecule has 0 aliphatic rings. The molecule has 1 N–H and O–H groups in total. The minimum Gasteiger partial charge on any atom is -0.371 e. The number of benzene rings is 2. The van der Waals surface area contributed by atoms with E-state index in [1.165, 1.54) is 18.2 Å². The molecule has 1 atom stereocenters. The summed E-state index contributed by atoms with van der Waals surface area (Å²) in [6.45, 7) is 1.61. The maximum absolute atomic E-state index is 13.4. The Morgan fingerprint density at radius 2 is 2.04 bits per heavy atom. The van der Waals surface area contributed by atoms with Crippen LogP contribution < -0.4 is 5.32 Å². The van der Waals surface area contributed by atoms with E-state index in [4.69, 9.17) is 0 Å². The van der Waals surface area contributed by atoms with Gasteiger partial charge in [0.25, 0.3) is 5.69 Å². The lowest BCUT2D eigenvalue weighted by Gasteiger charge is -2.21. The van der Waals surface area contributed by atoms with Gasteiger partial charge in [-0.25, -0.2) is 9.37 Å². The summed E-state index contributed by atoms with van der Waals surface area (Å²) >= 11 is 0. The number of hydrogen-bond acceptors (Lipinski definition) is 5. The molecule has 7 nitrogen and oxygen atoms in total. The predicted molar refractivity (Wildman–Crippen MR) is 97.6 cm³/mol. The van der Waals surface area contributed by atoms with Crippen molar-refractivity contribution in [3.63, 3.8) is 0 Å². The zero-order valence-electron chi connectivity index (χ0n) is 14.7. The van der Waals surface area contributed by atoms with Crippen LogP contribution in [0, 0.1) is 34.2 Å². The van der Waals surface area contributed by atoms with Gasteiger partial charge in [0.1, 0.15) is 17.7 Å². The van der Waals surface area contributed by atoms with E-state index >= 15 is 0 Å². The third-order valence-corrected chi connectivity index (χ3v) is 4.33. The van der Waals surface area contributed by atoms with Crippen LogP contribution in [0.15, 0.2) is 48.8 Å². The summed E-state index contributed by atoms with van der Waals surface area (Å²) in [5.74, 6) is 0.279. The Labute approximate surface area is 154 Å². The number of anilines is 1. The molecule has 2 aromatic carbocycles. The molecule has 8 heteroatoms. The summed E-state index contributed by atoms with van der Waals surface area (Å²) in [4.78, 5) is 15.2. The fraction of sp³-hybridized carbons (Fsp3) is 0.158. The molecule has 0 spiro atoms. The number of nitro benzene ring substituents is 1. The van der Waals surface area contributed by atoms with E-state index < -0.39 is 11.0 Å². The first-order valence-corrected chi connectivity index (χ1v) is 8.09. The predicted octanol–water partition coefficient (Wildman–Crippen LogP) is 3.85. The summed E-state index contributed by atoms with van der Waals surface area (Å²) in [5.41, 5.74) is 1.61. The Hall–Kier alpha value is -3.73. The lowest BCUT2D eigenvalue weighted by Crippen LogP contribution is -2.17. The highest BCUT2D eigenvalue weighted by Gasteiger charge is 2.22. The molecule has 3 aromatic rings. The lowest BCUT2D eigenvalue weighted by molar-refractivity contribution is -0.385. The third-order valence-electron chi connectivity index (χ3n) is 4.33. The molecule has 0 amide bonds. The van der Waals surface area contributed by atoms with Crippen LogP contribution in [-0.2, 0) is 7.05 Å². The van der Waals surface area contributed by atoms with Gasteiger partial charge >= 0.3 is 0 Å². The van der Waals surface area contributed by atoms with Crippen LogP contribution in [0.3, 0.4) is 0 Å². The average molecular weight is 365 g/mol. The molecule has 0 aliphatic heterocycles. The molecule has 0 saturated carbocycles. The Kier molecular flexibility index (Phi) is 4.86. The summed E-state index contributed by atoms with van der Waals surface area (Å²) < 4.78 is 15.2. The SMILES string of the molecule is Cc1c(NC(c2ccc(F)cc2)c2nccn2C)cc(C#N)cc1[N+](=O)[O-].